The van der Waals surface area contributed by atoms with Crippen LogP contribution >= 0.6 is 24.2 Å². The van der Waals surface area contributed by atoms with Crippen LogP contribution in [0.25, 0.3) is 0 Å². The van der Waals surface area contributed by atoms with Crippen LogP contribution in [0.3, 0.4) is 0 Å². The summed E-state index contributed by atoms with van der Waals surface area (Å²) in [6, 6.07) is 0. The summed E-state index contributed by atoms with van der Waals surface area (Å²) in [7, 11) is 0. The Morgan fingerprint density at radius 1 is 1.47 bits per heavy atom. The van der Waals surface area contributed by atoms with Gasteiger partial charge >= 0.3 is 6.09 Å². The molecule has 1 amide bonds. The number of hydrogen-bond donors (Lipinski definition) is 1. The Morgan fingerprint density at radius 2 is 2.00 bits per heavy atom. The number of nitrogens with one attached hydrogen (secondary N) is 1. The van der Waals surface area contributed by atoms with Crippen molar-refractivity contribution in [1.29, 1.82) is 0 Å². The monoisotopic (exact) mass is 250 g/mol. The van der Waals surface area contributed by atoms with Gasteiger partial charge in [-0.25, -0.2) is 4.79 Å². The Morgan fingerprint density at radius 3 is 2.40 bits per heavy atom. The molecule has 6 heteroatoms. The van der Waals surface area contributed by atoms with Gasteiger partial charge in [-0.1, -0.05) is 12.2 Å². The van der Waals surface area contributed by atoms with Crippen LogP contribution in [0.4, 0.5) is 4.79 Å². The number of thiocarbonyl (C=S) groups is 1. The Bertz CT molecular complexity index is 218. The fourth-order valence-corrected chi connectivity index (χ4v) is 1.86. The lowest BCUT2D eigenvalue weighted by Crippen LogP contribution is -2.31. The summed E-state index contributed by atoms with van der Waals surface area (Å²) in [5, 5.41) is 0. The molecule has 0 aromatic carbocycles. The summed E-state index contributed by atoms with van der Waals surface area (Å²) in [6.45, 7) is 9.30. The van der Waals surface area contributed by atoms with Crippen LogP contribution in [-0.4, -0.2) is 34.5 Å². The molecule has 0 radical (unpaired) electrons. The predicted molar refractivity (Wildman–Crippen MR) is 67.9 cm³/mol. The van der Waals surface area contributed by atoms with E-state index in [1.807, 2.05) is 18.7 Å². The molecule has 0 aliphatic carbocycles. The van der Waals surface area contributed by atoms with E-state index in [1.54, 1.807) is 13.8 Å². The number of ether oxygens (including phenoxy) is 1. The highest BCUT2D eigenvalue weighted by molar-refractivity contribution is 8.21. The third-order valence-corrected chi connectivity index (χ3v) is 2.80. The van der Waals surface area contributed by atoms with Gasteiger partial charge < -0.3 is 9.64 Å². The normalized spacial score (nSPS) is 9.93. The molecule has 0 fully saturated rings. The zero-order valence-electron chi connectivity index (χ0n) is 9.57. The van der Waals surface area contributed by atoms with Gasteiger partial charge in [0.1, 0.15) is 0 Å². The number of carbonyl (C=O) groups is 1. The minimum atomic E-state index is -0.454. The minimum absolute atomic E-state index is 0.118. The van der Waals surface area contributed by atoms with Gasteiger partial charge in [0.25, 0.3) is 0 Å². The van der Waals surface area contributed by atoms with E-state index in [-0.39, 0.29) is 6.10 Å². The first-order valence-electron chi connectivity index (χ1n) is 4.93. The molecule has 88 valence electrons. The van der Waals surface area contributed by atoms with Crippen molar-refractivity contribution in [2.24, 2.45) is 0 Å². The molecule has 0 aliphatic heterocycles. The van der Waals surface area contributed by atoms with E-state index in [2.05, 4.69) is 4.72 Å². The van der Waals surface area contributed by atoms with Gasteiger partial charge in [-0.05, 0) is 27.7 Å². The first-order chi connectivity index (χ1) is 7.01. The number of rotatable bonds is 3. The maximum Gasteiger partial charge on any atom is 0.417 e. The van der Waals surface area contributed by atoms with Gasteiger partial charge in [0.05, 0.1) is 6.10 Å². The molecule has 1 N–H and O–H groups in total. The second-order valence-corrected chi connectivity index (χ2v) is 4.54. The smallest absolute Gasteiger partial charge is 0.417 e. The average Bonchev–Trinajstić information content (AvgIpc) is 2.15. The Hall–Kier alpha value is -0.490. The molecular weight excluding hydrogens is 232 g/mol. The van der Waals surface area contributed by atoms with Crippen molar-refractivity contribution >= 4 is 34.6 Å². The fraction of sp³-hybridized carbons (Fsp3) is 0.778. The highest BCUT2D eigenvalue weighted by Crippen LogP contribution is 2.05. The first kappa shape index (κ1) is 14.5. The molecule has 0 saturated heterocycles. The highest BCUT2D eigenvalue weighted by atomic mass is 32.2. The van der Waals surface area contributed by atoms with Crippen molar-refractivity contribution in [1.82, 2.24) is 9.62 Å². The topological polar surface area (TPSA) is 41.6 Å². The zero-order valence-corrected chi connectivity index (χ0v) is 11.2. The van der Waals surface area contributed by atoms with Crippen molar-refractivity contribution in [2.75, 3.05) is 13.1 Å². The van der Waals surface area contributed by atoms with E-state index in [0.717, 1.165) is 25.0 Å². The Kier molecular flexibility index (Phi) is 7.50. The summed E-state index contributed by atoms with van der Waals surface area (Å²) >= 11 is 6.24. The summed E-state index contributed by atoms with van der Waals surface area (Å²) < 4.78 is 8.09. The molecule has 0 rings (SSSR count). The lowest BCUT2D eigenvalue weighted by Gasteiger charge is -2.20. The average molecular weight is 250 g/mol. The Labute approximate surface area is 101 Å². The van der Waals surface area contributed by atoms with E-state index in [0.29, 0.717) is 4.32 Å². The molecule has 0 aromatic heterocycles. The van der Waals surface area contributed by atoms with E-state index < -0.39 is 6.09 Å². The molecule has 0 spiro atoms. The van der Waals surface area contributed by atoms with Gasteiger partial charge in [0, 0.05) is 25.0 Å². The molecule has 0 unspecified atom stereocenters. The van der Waals surface area contributed by atoms with E-state index >= 15 is 0 Å². The molecule has 0 bridgehead atoms. The van der Waals surface area contributed by atoms with Crippen LogP contribution in [0, 0.1) is 0 Å². The summed E-state index contributed by atoms with van der Waals surface area (Å²) in [5.74, 6) is 0. The molecule has 0 heterocycles. The maximum atomic E-state index is 11.1. The highest BCUT2D eigenvalue weighted by Gasteiger charge is 2.09. The van der Waals surface area contributed by atoms with Crippen molar-refractivity contribution in [3.63, 3.8) is 0 Å². The molecule has 4 nitrogen and oxygen atoms in total. The molecule has 0 saturated carbocycles. The lowest BCUT2D eigenvalue weighted by molar-refractivity contribution is 0.122. The molecular formula is C9H18N2O2S2. The van der Waals surface area contributed by atoms with Gasteiger partial charge in [-0.2, -0.15) is 0 Å². The number of hydrogen-bond acceptors (Lipinski definition) is 4. The molecule has 15 heavy (non-hydrogen) atoms. The quantitative estimate of drug-likeness (QED) is 0.615. The molecule has 0 aliphatic rings. The van der Waals surface area contributed by atoms with E-state index in [9.17, 15) is 4.79 Å². The van der Waals surface area contributed by atoms with Crippen LogP contribution in [0.15, 0.2) is 0 Å². The van der Waals surface area contributed by atoms with Crippen LogP contribution < -0.4 is 4.72 Å². The SMILES string of the molecule is CCN(CC)C(=S)SNC(=O)OC(C)C. The second-order valence-electron chi connectivity index (χ2n) is 3.10. The van der Waals surface area contributed by atoms with E-state index in [1.165, 1.54) is 0 Å². The van der Waals surface area contributed by atoms with Crippen molar-refractivity contribution in [3.8, 4) is 0 Å². The number of nitrogens with zero attached hydrogens (tertiary/aromatic N) is 1. The van der Waals surface area contributed by atoms with Crippen molar-refractivity contribution in [2.45, 2.75) is 33.8 Å². The summed E-state index contributed by atoms with van der Waals surface area (Å²) in [4.78, 5) is 13.1. The second kappa shape index (κ2) is 7.76. The minimum Gasteiger partial charge on any atom is -0.446 e. The fourth-order valence-electron chi connectivity index (χ4n) is 0.870. The largest absolute Gasteiger partial charge is 0.446 e. The van der Waals surface area contributed by atoms with Crippen molar-refractivity contribution in [3.05, 3.63) is 0 Å². The number of carbonyl (C=O) groups excluding carboxylic acids is 1. The first-order valence-corrected chi connectivity index (χ1v) is 6.16. The zero-order chi connectivity index (χ0) is 11.8. The maximum absolute atomic E-state index is 11.1. The summed E-state index contributed by atoms with van der Waals surface area (Å²) in [6.07, 6.45) is -0.572. The summed E-state index contributed by atoms with van der Waals surface area (Å²) in [5.41, 5.74) is 0. The van der Waals surface area contributed by atoms with E-state index in [4.69, 9.17) is 17.0 Å². The third-order valence-electron chi connectivity index (χ3n) is 1.59. The van der Waals surface area contributed by atoms with Gasteiger partial charge in [0.2, 0.25) is 0 Å². The van der Waals surface area contributed by atoms with Crippen LogP contribution in [0.2, 0.25) is 0 Å². The molecule has 0 atom stereocenters. The van der Waals surface area contributed by atoms with Crippen LogP contribution in [0.1, 0.15) is 27.7 Å². The van der Waals surface area contributed by atoms with Gasteiger partial charge in [-0.15, -0.1) is 0 Å². The standard InChI is InChI=1S/C9H18N2O2S2/c1-5-11(6-2)9(14)15-10-8(12)13-7(3)4/h7H,5-6H2,1-4H3,(H,10,12). The van der Waals surface area contributed by atoms with Crippen molar-refractivity contribution < 1.29 is 9.53 Å². The predicted octanol–water partition coefficient (Wildman–Crippen LogP) is 2.40. The van der Waals surface area contributed by atoms with Gasteiger partial charge in [0.15, 0.2) is 4.32 Å². The van der Waals surface area contributed by atoms with Gasteiger partial charge in [-0.3, -0.25) is 4.72 Å². The third kappa shape index (κ3) is 6.57. The van der Waals surface area contributed by atoms with Crippen LogP contribution in [-0.2, 0) is 4.74 Å². The Balaban J connectivity index is 3.84. The lowest BCUT2D eigenvalue weighted by atomic mass is 10.5. The van der Waals surface area contributed by atoms with Crippen LogP contribution in [0.5, 0.6) is 0 Å². The number of amides is 1. The molecule has 0 aromatic rings.